The third-order valence-electron chi connectivity index (χ3n) is 1.98. The number of benzene rings is 1. The highest BCUT2D eigenvalue weighted by Gasteiger charge is 2.00. The molecule has 0 aliphatic carbocycles. The lowest BCUT2D eigenvalue weighted by Crippen LogP contribution is -2.12. The Kier molecular flexibility index (Phi) is 3.16. The molecule has 0 fully saturated rings. The summed E-state index contributed by atoms with van der Waals surface area (Å²) in [6, 6.07) is 5.86. The standard InChI is InChI=1S/C11H12FN3O/c1-13-8-15-7-11(6-14-15)16-10-4-2-9(12)3-5-10/h2-7,13H,8H2,1H3. The Bertz CT molecular complexity index is 453. The van der Waals surface area contributed by atoms with Gasteiger partial charge in [-0.2, -0.15) is 5.10 Å². The maximum Gasteiger partial charge on any atom is 0.165 e. The quantitative estimate of drug-likeness (QED) is 0.858. The van der Waals surface area contributed by atoms with E-state index in [0.29, 0.717) is 18.2 Å². The Balaban J connectivity index is 2.05. The van der Waals surface area contributed by atoms with Crippen LogP contribution < -0.4 is 10.1 Å². The largest absolute Gasteiger partial charge is 0.454 e. The van der Waals surface area contributed by atoms with Crippen molar-refractivity contribution >= 4 is 0 Å². The first-order valence-electron chi connectivity index (χ1n) is 4.88. The molecule has 0 saturated carbocycles. The minimum absolute atomic E-state index is 0.279. The van der Waals surface area contributed by atoms with Gasteiger partial charge in [0.2, 0.25) is 0 Å². The topological polar surface area (TPSA) is 39.1 Å². The van der Waals surface area contributed by atoms with Gasteiger partial charge in [0.25, 0.3) is 0 Å². The van der Waals surface area contributed by atoms with E-state index in [1.807, 2.05) is 7.05 Å². The molecule has 84 valence electrons. The molecule has 0 amide bonds. The van der Waals surface area contributed by atoms with Crippen molar-refractivity contribution in [3.8, 4) is 11.5 Å². The first-order chi connectivity index (χ1) is 7.78. The Hall–Kier alpha value is -1.88. The van der Waals surface area contributed by atoms with Gasteiger partial charge < -0.3 is 10.1 Å². The summed E-state index contributed by atoms with van der Waals surface area (Å²) in [7, 11) is 1.84. The molecule has 1 aromatic carbocycles. The van der Waals surface area contributed by atoms with Gasteiger partial charge in [0.1, 0.15) is 11.6 Å². The average molecular weight is 221 g/mol. The molecule has 1 heterocycles. The molecule has 1 N–H and O–H groups in total. The van der Waals surface area contributed by atoms with Crippen molar-refractivity contribution < 1.29 is 9.13 Å². The molecule has 0 aliphatic heterocycles. The summed E-state index contributed by atoms with van der Waals surface area (Å²) in [5.74, 6) is 0.936. The summed E-state index contributed by atoms with van der Waals surface area (Å²) in [5.41, 5.74) is 0. The first kappa shape index (κ1) is 10.6. The van der Waals surface area contributed by atoms with Gasteiger partial charge in [0.05, 0.1) is 19.1 Å². The van der Waals surface area contributed by atoms with Crippen LogP contribution in [0.2, 0.25) is 0 Å². The number of hydrogen-bond donors (Lipinski definition) is 1. The van der Waals surface area contributed by atoms with E-state index >= 15 is 0 Å². The Morgan fingerprint density at radius 1 is 1.31 bits per heavy atom. The molecular formula is C11H12FN3O. The third kappa shape index (κ3) is 2.58. The van der Waals surface area contributed by atoms with Crippen LogP contribution in [0.25, 0.3) is 0 Å². The summed E-state index contributed by atoms with van der Waals surface area (Å²) < 4.78 is 19.8. The number of rotatable bonds is 4. The minimum Gasteiger partial charge on any atom is -0.454 e. The second-order valence-electron chi connectivity index (χ2n) is 3.28. The maximum absolute atomic E-state index is 12.6. The van der Waals surface area contributed by atoms with Crippen molar-refractivity contribution in [1.29, 1.82) is 0 Å². The van der Waals surface area contributed by atoms with Gasteiger partial charge in [0.15, 0.2) is 5.75 Å². The maximum atomic E-state index is 12.6. The summed E-state index contributed by atoms with van der Waals surface area (Å²) in [6.07, 6.45) is 3.38. The zero-order valence-corrected chi connectivity index (χ0v) is 8.85. The lowest BCUT2D eigenvalue weighted by atomic mass is 10.3. The van der Waals surface area contributed by atoms with Crippen molar-refractivity contribution in [2.75, 3.05) is 7.05 Å². The third-order valence-corrected chi connectivity index (χ3v) is 1.98. The number of nitrogens with one attached hydrogen (secondary N) is 1. The number of aromatic nitrogens is 2. The molecule has 2 rings (SSSR count). The first-order valence-corrected chi connectivity index (χ1v) is 4.88. The zero-order valence-electron chi connectivity index (χ0n) is 8.85. The molecule has 4 nitrogen and oxygen atoms in total. The molecule has 0 spiro atoms. The molecule has 0 atom stereocenters. The highest BCUT2D eigenvalue weighted by atomic mass is 19.1. The fourth-order valence-corrected chi connectivity index (χ4v) is 1.28. The molecule has 0 aliphatic rings. The van der Waals surface area contributed by atoms with Crippen LogP contribution in [-0.4, -0.2) is 16.8 Å². The predicted octanol–water partition coefficient (Wildman–Crippen LogP) is 1.99. The molecule has 0 radical (unpaired) electrons. The summed E-state index contributed by atoms with van der Waals surface area (Å²) >= 11 is 0. The summed E-state index contributed by atoms with van der Waals surface area (Å²) in [5, 5.41) is 7.04. The monoisotopic (exact) mass is 221 g/mol. The fraction of sp³-hybridized carbons (Fsp3) is 0.182. The van der Waals surface area contributed by atoms with Gasteiger partial charge in [-0.15, -0.1) is 0 Å². The van der Waals surface area contributed by atoms with Gasteiger partial charge in [-0.25, -0.2) is 4.39 Å². The van der Waals surface area contributed by atoms with E-state index in [-0.39, 0.29) is 5.82 Å². The van der Waals surface area contributed by atoms with Gasteiger partial charge in [-0.3, -0.25) is 4.68 Å². The van der Waals surface area contributed by atoms with Gasteiger partial charge in [0, 0.05) is 0 Å². The SMILES string of the molecule is CNCn1cc(Oc2ccc(F)cc2)cn1. The van der Waals surface area contributed by atoms with Crippen molar-refractivity contribution in [3.63, 3.8) is 0 Å². The second-order valence-corrected chi connectivity index (χ2v) is 3.28. The van der Waals surface area contributed by atoms with E-state index in [0.717, 1.165) is 0 Å². The number of nitrogens with zero attached hydrogens (tertiary/aromatic N) is 2. The molecule has 1 aromatic heterocycles. The minimum atomic E-state index is -0.279. The molecule has 5 heteroatoms. The van der Waals surface area contributed by atoms with Crippen LogP contribution in [-0.2, 0) is 6.67 Å². The lowest BCUT2D eigenvalue weighted by molar-refractivity contribution is 0.477. The highest BCUT2D eigenvalue weighted by Crippen LogP contribution is 2.20. The molecule has 2 aromatic rings. The van der Waals surface area contributed by atoms with E-state index in [4.69, 9.17) is 4.74 Å². The number of hydrogen-bond acceptors (Lipinski definition) is 3. The van der Waals surface area contributed by atoms with Crippen molar-refractivity contribution in [1.82, 2.24) is 15.1 Å². The van der Waals surface area contributed by atoms with E-state index < -0.39 is 0 Å². The van der Waals surface area contributed by atoms with Crippen molar-refractivity contribution in [3.05, 3.63) is 42.5 Å². The molecule has 0 bridgehead atoms. The molecule has 16 heavy (non-hydrogen) atoms. The van der Waals surface area contributed by atoms with E-state index in [1.54, 1.807) is 29.2 Å². The van der Waals surface area contributed by atoms with Gasteiger partial charge in [-0.05, 0) is 31.3 Å². The van der Waals surface area contributed by atoms with Crippen LogP contribution >= 0.6 is 0 Å². The van der Waals surface area contributed by atoms with Crippen LogP contribution in [0.1, 0.15) is 0 Å². The van der Waals surface area contributed by atoms with Crippen molar-refractivity contribution in [2.45, 2.75) is 6.67 Å². The normalized spacial score (nSPS) is 10.4. The molecular weight excluding hydrogens is 209 g/mol. The molecule has 0 unspecified atom stereocenters. The number of ether oxygens (including phenoxy) is 1. The van der Waals surface area contributed by atoms with Crippen LogP contribution in [0.15, 0.2) is 36.7 Å². The van der Waals surface area contributed by atoms with Crippen LogP contribution in [0.3, 0.4) is 0 Å². The zero-order chi connectivity index (χ0) is 11.4. The molecule has 0 saturated heterocycles. The highest BCUT2D eigenvalue weighted by molar-refractivity contribution is 5.28. The van der Waals surface area contributed by atoms with Gasteiger partial charge >= 0.3 is 0 Å². The average Bonchev–Trinajstić information content (AvgIpc) is 2.70. The Labute approximate surface area is 92.7 Å². The van der Waals surface area contributed by atoms with Crippen molar-refractivity contribution in [2.24, 2.45) is 0 Å². The predicted molar refractivity (Wildman–Crippen MR) is 57.8 cm³/mol. The number of halogens is 1. The Morgan fingerprint density at radius 2 is 2.06 bits per heavy atom. The summed E-state index contributed by atoms with van der Waals surface area (Å²) in [6.45, 7) is 0.618. The Morgan fingerprint density at radius 3 is 2.75 bits per heavy atom. The van der Waals surface area contributed by atoms with Crippen LogP contribution in [0.5, 0.6) is 11.5 Å². The summed E-state index contributed by atoms with van der Waals surface area (Å²) in [4.78, 5) is 0. The van der Waals surface area contributed by atoms with E-state index in [1.165, 1.54) is 12.1 Å². The van der Waals surface area contributed by atoms with E-state index in [9.17, 15) is 4.39 Å². The van der Waals surface area contributed by atoms with E-state index in [2.05, 4.69) is 10.4 Å². The van der Waals surface area contributed by atoms with Gasteiger partial charge in [-0.1, -0.05) is 0 Å². The second kappa shape index (κ2) is 4.76. The smallest absolute Gasteiger partial charge is 0.165 e. The van der Waals surface area contributed by atoms with Crippen LogP contribution in [0, 0.1) is 5.82 Å². The van der Waals surface area contributed by atoms with Crippen LogP contribution in [0.4, 0.5) is 4.39 Å². The lowest BCUT2D eigenvalue weighted by Gasteiger charge is -2.01. The fourth-order valence-electron chi connectivity index (χ4n) is 1.28.